The van der Waals surface area contributed by atoms with Gasteiger partial charge in [-0.2, -0.15) is 0 Å². The maximum Gasteiger partial charge on any atom is 0.372 e. The summed E-state index contributed by atoms with van der Waals surface area (Å²) in [5.74, 6) is -0.747. The van der Waals surface area contributed by atoms with E-state index in [2.05, 4.69) is 20.9 Å². The zero-order chi connectivity index (χ0) is 12.3. The molecule has 0 unspecified atom stereocenters. The number of nitrogens with zero attached hydrogens (tertiary/aromatic N) is 2. The molecule has 5 nitrogen and oxygen atoms in total. The summed E-state index contributed by atoms with van der Waals surface area (Å²) in [5.41, 5.74) is -0.666. The molecule has 88 valence electrons. The van der Waals surface area contributed by atoms with Gasteiger partial charge in [0.25, 0.3) is 6.43 Å². The van der Waals surface area contributed by atoms with Crippen molar-refractivity contribution in [3.8, 4) is 5.75 Å². The lowest BCUT2D eigenvalue weighted by Gasteiger charge is -2.09. The lowest BCUT2D eigenvalue weighted by atomic mass is 10.1. The van der Waals surface area contributed by atoms with Crippen LogP contribution >= 0.6 is 15.9 Å². The maximum absolute atomic E-state index is 12.7. The minimum Gasteiger partial charge on any atom is -0.492 e. The highest BCUT2D eigenvalue weighted by Crippen LogP contribution is 2.36. The standard InChI is InChI=1S/C8H7BrF2N2O3/c1-16-5-3-12-8(13(14)15)6(7(10)11)4(5)2-9/h3,7H,2H2,1H3. The lowest BCUT2D eigenvalue weighted by molar-refractivity contribution is -0.391. The van der Waals surface area contributed by atoms with E-state index in [9.17, 15) is 18.9 Å². The monoisotopic (exact) mass is 296 g/mol. The van der Waals surface area contributed by atoms with Crippen LogP contribution in [-0.4, -0.2) is 17.0 Å². The van der Waals surface area contributed by atoms with Crippen LogP contribution in [0.2, 0.25) is 0 Å². The van der Waals surface area contributed by atoms with Crippen molar-refractivity contribution < 1.29 is 18.4 Å². The predicted octanol–water partition coefficient (Wildman–Crippen LogP) is 2.83. The third-order valence-corrected chi connectivity index (χ3v) is 2.47. The normalized spacial score (nSPS) is 10.6. The molecule has 0 saturated carbocycles. The van der Waals surface area contributed by atoms with Crippen molar-refractivity contribution in [3.05, 3.63) is 27.4 Å². The molecule has 0 amide bonds. The van der Waals surface area contributed by atoms with Crippen LogP contribution in [0.3, 0.4) is 0 Å². The number of halogens is 3. The highest BCUT2D eigenvalue weighted by atomic mass is 79.9. The summed E-state index contributed by atoms with van der Waals surface area (Å²) in [6, 6.07) is 0. The summed E-state index contributed by atoms with van der Waals surface area (Å²) in [4.78, 5) is 13.0. The molecule has 16 heavy (non-hydrogen) atoms. The number of rotatable bonds is 4. The first-order chi connectivity index (χ1) is 7.52. The van der Waals surface area contributed by atoms with Crippen LogP contribution in [0.4, 0.5) is 14.6 Å². The molecule has 1 rings (SSSR count). The molecule has 8 heteroatoms. The second kappa shape index (κ2) is 5.15. The van der Waals surface area contributed by atoms with Gasteiger partial charge in [0.1, 0.15) is 5.56 Å². The maximum atomic E-state index is 12.7. The van der Waals surface area contributed by atoms with E-state index in [-0.39, 0.29) is 16.6 Å². The van der Waals surface area contributed by atoms with E-state index in [0.29, 0.717) is 0 Å². The van der Waals surface area contributed by atoms with Gasteiger partial charge in [0, 0.05) is 10.9 Å². The molecule has 1 aromatic heterocycles. The number of hydrogen-bond donors (Lipinski definition) is 0. The average molecular weight is 297 g/mol. The van der Waals surface area contributed by atoms with Crippen LogP contribution in [0.5, 0.6) is 5.75 Å². The molecule has 0 aliphatic rings. The van der Waals surface area contributed by atoms with Crippen LogP contribution in [-0.2, 0) is 5.33 Å². The first-order valence-corrected chi connectivity index (χ1v) is 5.19. The summed E-state index contributed by atoms with van der Waals surface area (Å²) in [6.07, 6.45) is -1.92. The van der Waals surface area contributed by atoms with Crippen molar-refractivity contribution in [2.24, 2.45) is 0 Å². The van der Waals surface area contributed by atoms with Gasteiger partial charge in [-0.1, -0.05) is 15.9 Å². The first kappa shape index (κ1) is 12.8. The van der Waals surface area contributed by atoms with Gasteiger partial charge < -0.3 is 14.9 Å². The molecule has 0 atom stereocenters. The zero-order valence-electron chi connectivity index (χ0n) is 8.11. The Balaban J connectivity index is 3.50. The number of ether oxygens (including phenoxy) is 1. The Bertz CT molecular complexity index is 415. The fourth-order valence-corrected chi connectivity index (χ4v) is 1.80. The Morgan fingerprint density at radius 3 is 2.69 bits per heavy atom. The third-order valence-electron chi connectivity index (χ3n) is 1.91. The van der Waals surface area contributed by atoms with Gasteiger partial charge >= 0.3 is 5.82 Å². The number of pyridine rings is 1. The van der Waals surface area contributed by atoms with Crippen molar-refractivity contribution in [1.29, 1.82) is 0 Å². The minimum atomic E-state index is -2.98. The molecule has 0 saturated heterocycles. The van der Waals surface area contributed by atoms with Crippen molar-refractivity contribution in [2.45, 2.75) is 11.8 Å². The molecular weight excluding hydrogens is 290 g/mol. The van der Waals surface area contributed by atoms with Crippen LogP contribution < -0.4 is 4.74 Å². The van der Waals surface area contributed by atoms with E-state index < -0.39 is 22.7 Å². The van der Waals surface area contributed by atoms with Gasteiger partial charge in [-0.3, -0.25) is 0 Å². The van der Waals surface area contributed by atoms with E-state index in [1.807, 2.05) is 0 Å². The van der Waals surface area contributed by atoms with Gasteiger partial charge in [0.05, 0.1) is 7.11 Å². The molecule has 1 aromatic rings. The first-order valence-electron chi connectivity index (χ1n) is 4.07. The minimum absolute atomic E-state index is 0.0270. The lowest BCUT2D eigenvalue weighted by Crippen LogP contribution is -2.05. The summed E-state index contributed by atoms with van der Waals surface area (Å²) < 4.78 is 30.3. The van der Waals surface area contributed by atoms with Crippen LogP contribution in [0, 0.1) is 10.1 Å². The predicted molar refractivity (Wildman–Crippen MR) is 55.0 cm³/mol. The van der Waals surface area contributed by atoms with Gasteiger partial charge in [-0.05, 0) is 9.91 Å². The molecule has 0 aliphatic carbocycles. The summed E-state index contributed by atoms with van der Waals surface area (Å²) >= 11 is 2.99. The van der Waals surface area contributed by atoms with Gasteiger partial charge in [0.2, 0.25) is 0 Å². The molecule has 0 N–H and O–H groups in total. The van der Waals surface area contributed by atoms with Crippen molar-refractivity contribution in [3.63, 3.8) is 0 Å². The summed E-state index contributed by atoms with van der Waals surface area (Å²) in [5, 5.41) is 10.6. The van der Waals surface area contributed by atoms with E-state index in [4.69, 9.17) is 4.74 Å². The number of methoxy groups -OCH3 is 1. The number of nitro groups is 1. The number of alkyl halides is 3. The molecule has 0 radical (unpaired) electrons. The quantitative estimate of drug-likeness (QED) is 0.487. The number of aromatic nitrogens is 1. The molecule has 0 spiro atoms. The Kier molecular flexibility index (Phi) is 4.11. The van der Waals surface area contributed by atoms with E-state index in [0.717, 1.165) is 6.20 Å². The van der Waals surface area contributed by atoms with Gasteiger partial charge in [-0.25, -0.2) is 8.78 Å². The largest absolute Gasteiger partial charge is 0.492 e. The third kappa shape index (κ3) is 2.26. The van der Waals surface area contributed by atoms with Gasteiger partial charge in [0.15, 0.2) is 11.9 Å². The van der Waals surface area contributed by atoms with Crippen LogP contribution in [0.25, 0.3) is 0 Å². The second-order valence-electron chi connectivity index (χ2n) is 2.73. The average Bonchev–Trinajstić information content (AvgIpc) is 2.26. The van der Waals surface area contributed by atoms with E-state index >= 15 is 0 Å². The molecule has 0 aliphatic heterocycles. The smallest absolute Gasteiger partial charge is 0.372 e. The fraction of sp³-hybridized carbons (Fsp3) is 0.375. The SMILES string of the molecule is COc1cnc([N+](=O)[O-])c(C(F)F)c1CBr. The Hall–Kier alpha value is -1.31. The van der Waals surface area contributed by atoms with Crippen LogP contribution in [0.1, 0.15) is 17.6 Å². The second-order valence-corrected chi connectivity index (χ2v) is 3.29. The van der Waals surface area contributed by atoms with E-state index in [1.165, 1.54) is 7.11 Å². The highest BCUT2D eigenvalue weighted by molar-refractivity contribution is 9.08. The Morgan fingerprint density at radius 2 is 2.31 bits per heavy atom. The van der Waals surface area contributed by atoms with Gasteiger partial charge in [-0.15, -0.1) is 0 Å². The van der Waals surface area contributed by atoms with Crippen molar-refractivity contribution in [2.75, 3.05) is 7.11 Å². The highest BCUT2D eigenvalue weighted by Gasteiger charge is 2.29. The van der Waals surface area contributed by atoms with E-state index in [1.54, 1.807) is 0 Å². The molecular formula is C8H7BrF2N2O3. The zero-order valence-corrected chi connectivity index (χ0v) is 9.70. The molecule has 0 fully saturated rings. The Morgan fingerprint density at radius 1 is 1.69 bits per heavy atom. The summed E-state index contributed by atoms with van der Waals surface area (Å²) in [6.45, 7) is 0. The number of hydrogen-bond acceptors (Lipinski definition) is 4. The van der Waals surface area contributed by atoms with Crippen molar-refractivity contribution >= 4 is 21.7 Å². The fourth-order valence-electron chi connectivity index (χ4n) is 1.22. The Labute approximate surface area is 97.7 Å². The van der Waals surface area contributed by atoms with Crippen LogP contribution in [0.15, 0.2) is 6.20 Å². The molecule has 1 heterocycles. The summed E-state index contributed by atoms with van der Waals surface area (Å²) in [7, 11) is 1.28. The molecule has 0 aromatic carbocycles. The van der Waals surface area contributed by atoms with Crippen molar-refractivity contribution in [1.82, 2.24) is 4.98 Å². The molecule has 0 bridgehead atoms. The topological polar surface area (TPSA) is 65.3 Å².